The molecule has 0 radical (unpaired) electrons. The van der Waals surface area contributed by atoms with E-state index in [-0.39, 0.29) is 11.7 Å². The van der Waals surface area contributed by atoms with E-state index in [0.717, 1.165) is 44.2 Å². The van der Waals surface area contributed by atoms with Gasteiger partial charge in [-0.2, -0.15) is 18.2 Å². The predicted octanol–water partition coefficient (Wildman–Crippen LogP) is 2.78. The van der Waals surface area contributed by atoms with Crippen LogP contribution in [0.4, 0.5) is 18.9 Å². The number of rotatable bonds is 7. The number of piperazine rings is 1. The predicted molar refractivity (Wildman–Crippen MR) is 117 cm³/mol. The van der Waals surface area contributed by atoms with Crippen LogP contribution in [-0.4, -0.2) is 69.7 Å². The van der Waals surface area contributed by atoms with Crippen molar-refractivity contribution in [3.8, 4) is 0 Å². The molecule has 1 aliphatic rings. The van der Waals surface area contributed by atoms with Gasteiger partial charge in [-0.15, -0.1) is 5.10 Å². The topological polar surface area (TPSA) is 78.7 Å². The molecular formula is C22H26F3N7O. The molecule has 0 aliphatic carbocycles. The number of unbranched alkanes of at least 4 members (excludes halogenated alkanes) is 1. The maximum Gasteiger partial charge on any atom is 0.416 e. The van der Waals surface area contributed by atoms with E-state index in [9.17, 15) is 18.0 Å². The van der Waals surface area contributed by atoms with E-state index in [2.05, 4.69) is 25.3 Å². The van der Waals surface area contributed by atoms with Crippen LogP contribution in [0.5, 0.6) is 0 Å². The Morgan fingerprint density at radius 2 is 1.91 bits per heavy atom. The number of nitrogens with zero attached hydrogens (tertiary/aromatic N) is 6. The van der Waals surface area contributed by atoms with Gasteiger partial charge in [-0.05, 0) is 50.6 Å². The zero-order valence-electron chi connectivity index (χ0n) is 18.3. The molecule has 2 aromatic heterocycles. The van der Waals surface area contributed by atoms with Crippen LogP contribution in [0.25, 0.3) is 5.78 Å². The van der Waals surface area contributed by atoms with Crippen LogP contribution in [0.15, 0.2) is 36.5 Å². The highest BCUT2D eigenvalue weighted by Gasteiger charge is 2.31. The Morgan fingerprint density at radius 3 is 2.64 bits per heavy atom. The van der Waals surface area contributed by atoms with Gasteiger partial charge in [0.05, 0.1) is 5.56 Å². The number of aryl methyl sites for hydroxylation is 1. The Bertz CT molecular complexity index is 1110. The molecule has 1 N–H and O–H groups in total. The normalized spacial score (nSPS) is 15.2. The molecule has 176 valence electrons. The number of fused-ring (bicyclic) bond motifs is 1. The van der Waals surface area contributed by atoms with Crippen molar-refractivity contribution in [2.45, 2.75) is 25.9 Å². The maximum atomic E-state index is 12.9. The van der Waals surface area contributed by atoms with Crippen LogP contribution in [0, 0.1) is 6.92 Å². The van der Waals surface area contributed by atoms with Crippen molar-refractivity contribution in [1.82, 2.24) is 29.8 Å². The summed E-state index contributed by atoms with van der Waals surface area (Å²) in [5.41, 5.74) is 0.840. The first-order valence-electron chi connectivity index (χ1n) is 10.9. The molecule has 1 aliphatic heterocycles. The molecule has 0 saturated carbocycles. The third kappa shape index (κ3) is 5.59. The second kappa shape index (κ2) is 9.74. The van der Waals surface area contributed by atoms with Crippen molar-refractivity contribution in [3.63, 3.8) is 0 Å². The van der Waals surface area contributed by atoms with E-state index < -0.39 is 11.7 Å². The lowest BCUT2D eigenvalue weighted by molar-refractivity contribution is -0.137. The number of carbonyl (C=O) groups excluding carboxylic acids is 1. The third-order valence-corrected chi connectivity index (χ3v) is 5.73. The van der Waals surface area contributed by atoms with Gasteiger partial charge in [0.25, 0.3) is 11.7 Å². The fourth-order valence-electron chi connectivity index (χ4n) is 3.85. The molecule has 4 rings (SSSR count). The van der Waals surface area contributed by atoms with E-state index in [1.165, 1.54) is 16.6 Å². The fraction of sp³-hybridized carbons (Fsp3) is 0.455. The number of aromatic nitrogens is 4. The highest BCUT2D eigenvalue weighted by molar-refractivity contribution is 5.90. The Balaban J connectivity index is 1.16. The molecule has 3 aromatic rings. The SMILES string of the molecule is Cc1ccnc2nc(C(=O)NCCCCN3CCN(c4cccc(C(F)(F)F)c4)CC3)nn12. The van der Waals surface area contributed by atoms with Crippen LogP contribution >= 0.6 is 0 Å². The minimum Gasteiger partial charge on any atom is -0.369 e. The van der Waals surface area contributed by atoms with Crippen LogP contribution in [0.1, 0.15) is 34.7 Å². The summed E-state index contributed by atoms with van der Waals surface area (Å²) in [6, 6.07) is 7.29. The van der Waals surface area contributed by atoms with Crippen molar-refractivity contribution in [1.29, 1.82) is 0 Å². The van der Waals surface area contributed by atoms with Crippen molar-refractivity contribution in [2.75, 3.05) is 44.2 Å². The van der Waals surface area contributed by atoms with Gasteiger partial charge in [0.1, 0.15) is 0 Å². The van der Waals surface area contributed by atoms with E-state index >= 15 is 0 Å². The Hall–Kier alpha value is -3.21. The quantitative estimate of drug-likeness (QED) is 0.546. The number of benzene rings is 1. The van der Waals surface area contributed by atoms with Crippen molar-refractivity contribution in [2.24, 2.45) is 0 Å². The van der Waals surface area contributed by atoms with E-state index in [4.69, 9.17) is 0 Å². The minimum absolute atomic E-state index is 0.0996. The average Bonchev–Trinajstić information content (AvgIpc) is 3.25. The zero-order valence-corrected chi connectivity index (χ0v) is 18.3. The van der Waals surface area contributed by atoms with Gasteiger partial charge in [0, 0.05) is 50.3 Å². The minimum atomic E-state index is -4.33. The second-order valence-corrected chi connectivity index (χ2v) is 8.07. The lowest BCUT2D eigenvalue weighted by Crippen LogP contribution is -2.46. The fourth-order valence-corrected chi connectivity index (χ4v) is 3.85. The van der Waals surface area contributed by atoms with E-state index in [0.29, 0.717) is 31.1 Å². The van der Waals surface area contributed by atoms with Gasteiger partial charge in [-0.3, -0.25) is 9.69 Å². The summed E-state index contributed by atoms with van der Waals surface area (Å²) in [5.74, 6) is 0.168. The first kappa shape index (κ1) is 23.0. The zero-order chi connectivity index (χ0) is 23.4. The van der Waals surface area contributed by atoms with Crippen LogP contribution in [0.3, 0.4) is 0 Å². The summed E-state index contributed by atoms with van der Waals surface area (Å²) in [6.45, 7) is 6.22. The Morgan fingerprint density at radius 1 is 1.12 bits per heavy atom. The summed E-state index contributed by atoms with van der Waals surface area (Å²) < 4.78 is 40.4. The molecule has 3 heterocycles. The number of alkyl halides is 3. The van der Waals surface area contributed by atoms with Crippen LogP contribution in [0.2, 0.25) is 0 Å². The lowest BCUT2D eigenvalue weighted by atomic mass is 10.1. The molecule has 0 bridgehead atoms. The van der Waals surface area contributed by atoms with Crippen molar-refractivity contribution in [3.05, 3.63) is 53.6 Å². The Kier molecular flexibility index (Phi) is 6.77. The molecule has 0 spiro atoms. The monoisotopic (exact) mass is 461 g/mol. The van der Waals surface area contributed by atoms with E-state index in [1.54, 1.807) is 18.3 Å². The van der Waals surface area contributed by atoms with Gasteiger partial charge in [0.15, 0.2) is 0 Å². The van der Waals surface area contributed by atoms with Gasteiger partial charge in [-0.25, -0.2) is 9.50 Å². The van der Waals surface area contributed by atoms with Gasteiger partial charge in [-0.1, -0.05) is 6.07 Å². The summed E-state index contributed by atoms with van der Waals surface area (Å²) in [5, 5.41) is 7.03. The molecular weight excluding hydrogens is 435 g/mol. The first-order valence-corrected chi connectivity index (χ1v) is 10.9. The second-order valence-electron chi connectivity index (χ2n) is 8.07. The third-order valence-electron chi connectivity index (χ3n) is 5.73. The molecule has 33 heavy (non-hydrogen) atoms. The Labute approximate surface area is 189 Å². The molecule has 1 saturated heterocycles. The summed E-state index contributed by atoms with van der Waals surface area (Å²) in [6.07, 6.45) is -0.988. The number of hydrogen-bond donors (Lipinski definition) is 1. The van der Waals surface area contributed by atoms with Gasteiger partial charge in [0.2, 0.25) is 5.82 Å². The number of carbonyl (C=O) groups is 1. The summed E-state index contributed by atoms with van der Waals surface area (Å²) in [4.78, 5) is 24.8. The number of anilines is 1. The lowest BCUT2D eigenvalue weighted by Gasteiger charge is -2.36. The number of amides is 1. The molecule has 0 unspecified atom stereocenters. The smallest absolute Gasteiger partial charge is 0.369 e. The summed E-state index contributed by atoms with van der Waals surface area (Å²) in [7, 11) is 0. The highest BCUT2D eigenvalue weighted by atomic mass is 19.4. The van der Waals surface area contributed by atoms with Crippen LogP contribution < -0.4 is 10.2 Å². The standard InChI is InChI=1S/C22H26F3N7O/c1-16-7-9-27-21-28-19(29-32(16)21)20(33)26-8-2-3-10-30-11-13-31(14-12-30)18-6-4-5-17(15-18)22(23,24)25/h4-7,9,15H,2-3,8,10-14H2,1H3,(H,26,33). The van der Waals surface area contributed by atoms with E-state index in [1.807, 2.05) is 11.8 Å². The maximum absolute atomic E-state index is 12.9. The van der Waals surface area contributed by atoms with Crippen LogP contribution in [-0.2, 0) is 6.18 Å². The molecule has 1 fully saturated rings. The number of halogens is 3. The molecule has 1 aromatic carbocycles. The van der Waals surface area contributed by atoms with Crippen molar-refractivity contribution >= 4 is 17.4 Å². The molecule has 8 nitrogen and oxygen atoms in total. The average molecular weight is 461 g/mol. The van der Waals surface area contributed by atoms with Crippen molar-refractivity contribution < 1.29 is 18.0 Å². The van der Waals surface area contributed by atoms with Gasteiger partial charge >= 0.3 is 6.18 Å². The number of hydrogen-bond acceptors (Lipinski definition) is 6. The highest BCUT2D eigenvalue weighted by Crippen LogP contribution is 2.31. The number of nitrogens with one attached hydrogen (secondary N) is 1. The largest absolute Gasteiger partial charge is 0.416 e. The van der Waals surface area contributed by atoms with Gasteiger partial charge < -0.3 is 10.2 Å². The molecule has 11 heteroatoms. The molecule has 1 amide bonds. The first-order chi connectivity index (χ1) is 15.8. The molecule has 0 atom stereocenters. The summed E-state index contributed by atoms with van der Waals surface area (Å²) >= 11 is 0.